The van der Waals surface area contributed by atoms with Crippen molar-refractivity contribution in [1.82, 2.24) is 24.9 Å². The van der Waals surface area contributed by atoms with E-state index in [-0.39, 0.29) is 11.9 Å². The summed E-state index contributed by atoms with van der Waals surface area (Å²) in [5, 5.41) is 2.92. The molecule has 34 heavy (non-hydrogen) atoms. The van der Waals surface area contributed by atoms with Crippen LogP contribution in [0, 0.1) is 6.92 Å². The number of anilines is 2. The number of aromatic nitrogens is 2. The highest BCUT2D eigenvalue weighted by molar-refractivity contribution is 7.90. The van der Waals surface area contributed by atoms with Gasteiger partial charge in [-0.15, -0.1) is 0 Å². The molecule has 2 aromatic rings. The second-order valence-electron chi connectivity index (χ2n) is 8.42. The minimum Gasteiger partial charge on any atom is -0.377 e. The van der Waals surface area contributed by atoms with Gasteiger partial charge in [0.15, 0.2) is 0 Å². The van der Waals surface area contributed by atoms with Gasteiger partial charge in [0, 0.05) is 45.5 Å². The molecular weight excluding hydrogens is 458 g/mol. The molecule has 0 unspecified atom stereocenters. The highest BCUT2D eigenvalue weighted by Gasteiger charge is 2.23. The molecule has 0 aromatic carbocycles. The van der Waals surface area contributed by atoms with Gasteiger partial charge in [0.05, 0.1) is 30.6 Å². The first-order chi connectivity index (χ1) is 16.3. The highest BCUT2D eigenvalue weighted by atomic mass is 32.2. The Balaban J connectivity index is 1.31. The summed E-state index contributed by atoms with van der Waals surface area (Å²) >= 11 is 0. The molecule has 0 bridgehead atoms. The van der Waals surface area contributed by atoms with Gasteiger partial charge in [0.25, 0.3) is 16.1 Å². The Kier molecular flexibility index (Phi) is 7.61. The van der Waals surface area contributed by atoms with Crippen molar-refractivity contribution in [3.63, 3.8) is 0 Å². The minimum atomic E-state index is -3.61. The number of amides is 1. The SMILES string of the molecule is CCNS(=O)(=O)Nc1cc(CN2CCN(c3ccc(C(=O)NC4COC4)nc3C)CC2)ccn1. The van der Waals surface area contributed by atoms with Crippen molar-refractivity contribution in [2.45, 2.75) is 26.4 Å². The van der Waals surface area contributed by atoms with Gasteiger partial charge in [-0.3, -0.25) is 14.4 Å². The summed E-state index contributed by atoms with van der Waals surface area (Å²) in [6, 6.07) is 7.47. The van der Waals surface area contributed by atoms with Crippen molar-refractivity contribution in [2.75, 3.05) is 55.6 Å². The average Bonchev–Trinajstić information content (AvgIpc) is 2.76. The fourth-order valence-corrected chi connectivity index (χ4v) is 4.83. The van der Waals surface area contributed by atoms with E-state index < -0.39 is 10.2 Å². The van der Waals surface area contributed by atoms with E-state index in [1.165, 1.54) is 0 Å². The third kappa shape index (κ3) is 6.20. The maximum Gasteiger partial charge on any atom is 0.300 e. The Morgan fingerprint density at radius 1 is 1.18 bits per heavy atom. The van der Waals surface area contributed by atoms with Gasteiger partial charge in [0.2, 0.25) is 0 Å². The summed E-state index contributed by atoms with van der Waals surface area (Å²) in [4.78, 5) is 25.6. The molecule has 3 N–H and O–H groups in total. The molecule has 11 nitrogen and oxygen atoms in total. The van der Waals surface area contributed by atoms with Crippen LogP contribution < -0.4 is 19.7 Å². The predicted octanol–water partition coefficient (Wildman–Crippen LogP) is 0.502. The number of rotatable bonds is 9. The van der Waals surface area contributed by atoms with Gasteiger partial charge in [-0.05, 0) is 36.8 Å². The zero-order valence-corrected chi connectivity index (χ0v) is 20.3. The van der Waals surface area contributed by atoms with E-state index in [1.807, 2.05) is 19.1 Å². The third-order valence-corrected chi connectivity index (χ3v) is 6.93. The number of ether oxygens (including phenoxy) is 1. The first-order valence-corrected chi connectivity index (χ1v) is 12.9. The van der Waals surface area contributed by atoms with Crippen molar-refractivity contribution in [3.8, 4) is 0 Å². The molecule has 2 aliphatic rings. The molecule has 2 fully saturated rings. The third-order valence-electron chi connectivity index (χ3n) is 5.78. The number of nitrogens with one attached hydrogen (secondary N) is 3. The number of aryl methyl sites for hydroxylation is 1. The number of carbonyl (C=O) groups is 1. The molecule has 0 aliphatic carbocycles. The number of hydrogen-bond donors (Lipinski definition) is 3. The van der Waals surface area contributed by atoms with E-state index >= 15 is 0 Å². The molecule has 0 spiro atoms. The number of piperazine rings is 1. The summed E-state index contributed by atoms with van der Waals surface area (Å²) in [5.41, 5.74) is 3.28. The van der Waals surface area contributed by atoms with Crippen LogP contribution in [-0.4, -0.2) is 81.2 Å². The molecule has 184 valence electrons. The van der Waals surface area contributed by atoms with Crippen LogP contribution in [0.25, 0.3) is 0 Å². The van der Waals surface area contributed by atoms with Crippen molar-refractivity contribution >= 4 is 27.6 Å². The topological polar surface area (TPSA) is 129 Å². The van der Waals surface area contributed by atoms with Crippen LogP contribution >= 0.6 is 0 Å². The molecule has 2 aromatic heterocycles. The summed E-state index contributed by atoms with van der Waals surface area (Å²) < 4.78 is 33.8. The van der Waals surface area contributed by atoms with E-state index in [4.69, 9.17) is 4.74 Å². The maximum atomic E-state index is 12.3. The zero-order valence-electron chi connectivity index (χ0n) is 19.5. The molecule has 1 amide bonds. The van der Waals surface area contributed by atoms with E-state index in [0.717, 1.165) is 43.1 Å². The van der Waals surface area contributed by atoms with Crippen LogP contribution in [0.5, 0.6) is 0 Å². The van der Waals surface area contributed by atoms with Crippen molar-refractivity contribution < 1.29 is 17.9 Å². The standard InChI is InChI=1S/C22H31N7O4S/c1-3-24-34(31,32)27-21-12-17(6-7-23-21)13-28-8-10-29(11-9-28)20-5-4-19(25-16(20)2)22(30)26-18-14-33-15-18/h4-7,12,18,24H,3,8-11,13-15H2,1-2H3,(H,23,27)(H,26,30). The lowest BCUT2D eigenvalue weighted by atomic mass is 10.2. The fraction of sp³-hybridized carbons (Fsp3) is 0.500. The molecule has 0 saturated carbocycles. The molecule has 4 heterocycles. The second kappa shape index (κ2) is 10.6. The Hall–Kier alpha value is -2.80. The van der Waals surface area contributed by atoms with Gasteiger partial charge in [-0.25, -0.2) is 9.97 Å². The smallest absolute Gasteiger partial charge is 0.300 e. The largest absolute Gasteiger partial charge is 0.377 e. The monoisotopic (exact) mass is 489 g/mol. The number of hydrogen-bond acceptors (Lipinski definition) is 8. The zero-order chi connectivity index (χ0) is 24.1. The Morgan fingerprint density at radius 3 is 2.59 bits per heavy atom. The van der Waals surface area contributed by atoms with Crippen LogP contribution in [0.3, 0.4) is 0 Å². The van der Waals surface area contributed by atoms with Crippen molar-refractivity contribution in [2.24, 2.45) is 0 Å². The van der Waals surface area contributed by atoms with E-state index in [0.29, 0.717) is 37.8 Å². The number of pyridine rings is 2. The molecule has 2 saturated heterocycles. The predicted molar refractivity (Wildman–Crippen MR) is 129 cm³/mol. The summed E-state index contributed by atoms with van der Waals surface area (Å²) in [5.74, 6) is 0.130. The van der Waals surface area contributed by atoms with Crippen molar-refractivity contribution in [3.05, 3.63) is 47.4 Å². The van der Waals surface area contributed by atoms with E-state index in [1.54, 1.807) is 25.3 Å². The first-order valence-electron chi connectivity index (χ1n) is 11.4. The van der Waals surface area contributed by atoms with Crippen LogP contribution in [0.4, 0.5) is 11.5 Å². The molecule has 4 rings (SSSR count). The maximum absolute atomic E-state index is 12.3. The number of nitrogens with zero attached hydrogens (tertiary/aromatic N) is 4. The summed E-state index contributed by atoms with van der Waals surface area (Å²) in [7, 11) is -3.61. The van der Waals surface area contributed by atoms with E-state index in [2.05, 4.69) is 34.5 Å². The summed E-state index contributed by atoms with van der Waals surface area (Å²) in [6.45, 7) is 9.13. The second-order valence-corrected chi connectivity index (χ2v) is 9.92. The van der Waals surface area contributed by atoms with Gasteiger partial charge in [-0.1, -0.05) is 6.92 Å². The Bertz CT molecular complexity index is 1120. The van der Waals surface area contributed by atoms with Crippen LogP contribution in [-0.2, 0) is 21.5 Å². The molecule has 0 radical (unpaired) electrons. The minimum absolute atomic E-state index is 0.0759. The van der Waals surface area contributed by atoms with Crippen LogP contribution in [0.15, 0.2) is 30.5 Å². The van der Waals surface area contributed by atoms with Gasteiger partial charge >= 0.3 is 0 Å². The molecule has 2 aliphatic heterocycles. The molecule has 0 atom stereocenters. The van der Waals surface area contributed by atoms with E-state index in [9.17, 15) is 13.2 Å². The van der Waals surface area contributed by atoms with Gasteiger partial charge < -0.3 is 15.0 Å². The lowest BCUT2D eigenvalue weighted by Crippen LogP contribution is -2.48. The Labute approximate surface area is 200 Å². The first kappa shape index (κ1) is 24.3. The van der Waals surface area contributed by atoms with Gasteiger partial charge in [-0.2, -0.15) is 13.1 Å². The molecule has 12 heteroatoms. The highest BCUT2D eigenvalue weighted by Crippen LogP contribution is 2.21. The van der Waals surface area contributed by atoms with Crippen LogP contribution in [0.2, 0.25) is 0 Å². The van der Waals surface area contributed by atoms with Crippen LogP contribution in [0.1, 0.15) is 28.7 Å². The number of carbonyl (C=O) groups excluding carboxylic acids is 1. The van der Waals surface area contributed by atoms with Gasteiger partial charge in [0.1, 0.15) is 11.5 Å². The average molecular weight is 490 g/mol. The van der Waals surface area contributed by atoms with Crippen molar-refractivity contribution in [1.29, 1.82) is 0 Å². The quantitative estimate of drug-likeness (QED) is 0.465. The summed E-state index contributed by atoms with van der Waals surface area (Å²) in [6.07, 6.45) is 1.61. The fourth-order valence-electron chi connectivity index (χ4n) is 3.99. The lowest BCUT2D eigenvalue weighted by Gasteiger charge is -2.36. The Morgan fingerprint density at radius 2 is 1.94 bits per heavy atom. The normalized spacial score (nSPS) is 17.3. The lowest BCUT2D eigenvalue weighted by molar-refractivity contribution is -0.00355. The molecular formula is C22H31N7O4S.